The van der Waals surface area contributed by atoms with Gasteiger partial charge in [0.2, 0.25) is 0 Å². The highest BCUT2D eigenvalue weighted by molar-refractivity contribution is 6.30. The van der Waals surface area contributed by atoms with Crippen molar-refractivity contribution in [2.24, 2.45) is 0 Å². The normalized spacial score (nSPS) is 12.9. The van der Waals surface area contributed by atoms with Crippen LogP contribution in [0.3, 0.4) is 0 Å². The molecule has 108 valence electrons. The predicted octanol–water partition coefficient (Wildman–Crippen LogP) is 3.25. The Morgan fingerprint density at radius 2 is 1.85 bits per heavy atom. The molecular weight excluding hydrogens is 307 g/mol. The van der Waals surface area contributed by atoms with Crippen molar-refractivity contribution in [3.63, 3.8) is 0 Å². The van der Waals surface area contributed by atoms with Crippen molar-refractivity contribution in [2.45, 2.75) is 18.6 Å². The summed E-state index contributed by atoms with van der Waals surface area (Å²) in [5, 5.41) is 0.271. The number of fused-ring (bicyclic) bond motifs is 1. The highest BCUT2D eigenvalue weighted by Crippen LogP contribution is 2.36. The molecular formula is C11H6ClF5N2O. The first-order chi connectivity index (χ1) is 9.12. The Morgan fingerprint density at radius 1 is 1.20 bits per heavy atom. The molecule has 0 radical (unpaired) electrons. The van der Waals surface area contributed by atoms with Crippen LogP contribution in [0.1, 0.15) is 0 Å². The average Bonchev–Trinajstić information content (AvgIpc) is 2.31. The van der Waals surface area contributed by atoms with E-state index in [1.165, 1.54) is 12.1 Å². The second-order valence-electron chi connectivity index (χ2n) is 4.03. The molecule has 0 aliphatic rings. The summed E-state index contributed by atoms with van der Waals surface area (Å²) >= 11 is 5.59. The van der Waals surface area contributed by atoms with E-state index in [2.05, 4.69) is 4.98 Å². The number of alkyl halides is 5. The molecule has 2 aromatic rings. The summed E-state index contributed by atoms with van der Waals surface area (Å²) in [6.45, 7) is -1.81. The molecule has 2 rings (SSSR count). The second kappa shape index (κ2) is 4.69. The molecule has 0 saturated carbocycles. The Kier molecular flexibility index (Phi) is 3.45. The van der Waals surface area contributed by atoms with Crippen LogP contribution in [0.2, 0.25) is 5.15 Å². The minimum Gasteiger partial charge on any atom is -0.300 e. The SMILES string of the molecule is O=c1ccc2cc(Cl)ncc2n1CC(F)(F)C(F)(F)F. The van der Waals surface area contributed by atoms with Gasteiger partial charge in [0.25, 0.3) is 5.56 Å². The number of hydrogen-bond acceptors (Lipinski definition) is 2. The monoisotopic (exact) mass is 312 g/mol. The van der Waals surface area contributed by atoms with Crippen LogP contribution in [-0.4, -0.2) is 21.6 Å². The van der Waals surface area contributed by atoms with Gasteiger partial charge in [0.05, 0.1) is 18.3 Å². The number of aromatic nitrogens is 2. The fourth-order valence-electron chi connectivity index (χ4n) is 1.62. The van der Waals surface area contributed by atoms with Crippen molar-refractivity contribution in [1.82, 2.24) is 9.55 Å². The summed E-state index contributed by atoms with van der Waals surface area (Å²) < 4.78 is 63.1. The standard InChI is InChI=1S/C11H6ClF5N2O/c12-8-3-6-1-2-9(20)19(7(6)4-18-8)5-10(13,14)11(15,16)17/h1-4H,5H2. The average molecular weight is 313 g/mol. The van der Waals surface area contributed by atoms with Gasteiger partial charge in [-0.25, -0.2) is 4.98 Å². The van der Waals surface area contributed by atoms with E-state index in [0.29, 0.717) is 4.57 Å². The minimum absolute atomic E-state index is 0.0327. The van der Waals surface area contributed by atoms with E-state index in [4.69, 9.17) is 11.6 Å². The fourth-order valence-corrected chi connectivity index (χ4v) is 1.78. The number of rotatable bonds is 2. The van der Waals surface area contributed by atoms with E-state index in [0.717, 1.165) is 12.3 Å². The topological polar surface area (TPSA) is 34.9 Å². The van der Waals surface area contributed by atoms with Gasteiger partial charge >= 0.3 is 12.1 Å². The van der Waals surface area contributed by atoms with Gasteiger partial charge in [-0.3, -0.25) is 4.79 Å². The molecule has 0 bridgehead atoms. The van der Waals surface area contributed by atoms with Crippen LogP contribution in [-0.2, 0) is 6.54 Å². The number of nitrogens with zero attached hydrogens (tertiary/aromatic N) is 2. The second-order valence-corrected chi connectivity index (χ2v) is 4.41. The molecule has 3 nitrogen and oxygen atoms in total. The quantitative estimate of drug-likeness (QED) is 0.630. The summed E-state index contributed by atoms with van der Waals surface area (Å²) in [6, 6.07) is 3.43. The van der Waals surface area contributed by atoms with Crippen molar-refractivity contribution in [3.05, 3.63) is 39.9 Å². The van der Waals surface area contributed by atoms with Gasteiger partial charge < -0.3 is 4.57 Å². The maximum Gasteiger partial charge on any atom is 0.455 e. The molecule has 9 heteroatoms. The zero-order valence-electron chi connectivity index (χ0n) is 9.59. The number of pyridine rings is 2. The lowest BCUT2D eigenvalue weighted by atomic mass is 10.2. The van der Waals surface area contributed by atoms with E-state index in [9.17, 15) is 26.7 Å². The molecule has 0 aromatic carbocycles. The molecule has 0 aliphatic carbocycles. The highest BCUT2D eigenvalue weighted by Gasteiger charge is 2.57. The molecule has 2 heterocycles. The van der Waals surface area contributed by atoms with Crippen molar-refractivity contribution < 1.29 is 22.0 Å². The van der Waals surface area contributed by atoms with Gasteiger partial charge in [0, 0.05) is 11.5 Å². The van der Waals surface area contributed by atoms with Crippen LogP contribution < -0.4 is 5.56 Å². The van der Waals surface area contributed by atoms with Crippen LogP contribution in [0.4, 0.5) is 22.0 Å². The predicted molar refractivity (Wildman–Crippen MR) is 62.0 cm³/mol. The zero-order chi connectivity index (χ0) is 15.1. The Bertz CT molecular complexity index is 710. The molecule has 2 aromatic heterocycles. The third kappa shape index (κ3) is 2.60. The van der Waals surface area contributed by atoms with Gasteiger partial charge in [-0.1, -0.05) is 11.6 Å². The van der Waals surface area contributed by atoms with E-state index in [1.54, 1.807) is 0 Å². The first kappa shape index (κ1) is 14.7. The van der Waals surface area contributed by atoms with Gasteiger partial charge in [0.15, 0.2) is 0 Å². The molecule has 0 saturated heterocycles. The van der Waals surface area contributed by atoms with Gasteiger partial charge in [-0.15, -0.1) is 0 Å². The molecule has 0 unspecified atom stereocenters. The molecule has 20 heavy (non-hydrogen) atoms. The van der Waals surface area contributed by atoms with Crippen molar-refractivity contribution >= 4 is 22.5 Å². The third-order valence-electron chi connectivity index (χ3n) is 2.61. The molecule has 0 atom stereocenters. The Hall–Kier alpha value is -1.70. The minimum atomic E-state index is -5.74. The fraction of sp³-hybridized carbons (Fsp3) is 0.273. The zero-order valence-corrected chi connectivity index (χ0v) is 10.3. The lowest BCUT2D eigenvalue weighted by molar-refractivity contribution is -0.286. The highest BCUT2D eigenvalue weighted by atomic mass is 35.5. The summed E-state index contributed by atoms with van der Waals surface area (Å²) in [6.07, 6.45) is -4.76. The van der Waals surface area contributed by atoms with Crippen LogP contribution >= 0.6 is 11.6 Å². The Balaban J connectivity index is 2.60. The molecule has 0 amide bonds. The number of hydrogen-bond donors (Lipinski definition) is 0. The molecule has 0 N–H and O–H groups in total. The van der Waals surface area contributed by atoms with Gasteiger partial charge in [-0.05, 0) is 12.1 Å². The van der Waals surface area contributed by atoms with Crippen LogP contribution in [0.25, 0.3) is 10.9 Å². The maximum absolute atomic E-state index is 13.1. The van der Waals surface area contributed by atoms with E-state index in [-0.39, 0.29) is 16.1 Å². The Morgan fingerprint density at radius 3 is 2.45 bits per heavy atom. The maximum atomic E-state index is 13.1. The van der Waals surface area contributed by atoms with E-state index >= 15 is 0 Å². The van der Waals surface area contributed by atoms with Gasteiger partial charge in [0.1, 0.15) is 5.15 Å². The summed E-state index contributed by atoms with van der Waals surface area (Å²) in [5.74, 6) is -5.02. The van der Waals surface area contributed by atoms with Crippen molar-refractivity contribution in [1.29, 1.82) is 0 Å². The largest absolute Gasteiger partial charge is 0.455 e. The summed E-state index contributed by atoms with van der Waals surface area (Å²) in [4.78, 5) is 15.1. The third-order valence-corrected chi connectivity index (χ3v) is 2.82. The lowest BCUT2D eigenvalue weighted by Crippen LogP contribution is -2.42. The van der Waals surface area contributed by atoms with E-state index < -0.39 is 24.2 Å². The Labute approximate surface area is 113 Å². The van der Waals surface area contributed by atoms with Crippen LogP contribution in [0.5, 0.6) is 0 Å². The van der Waals surface area contributed by atoms with Crippen LogP contribution in [0.15, 0.2) is 29.2 Å². The van der Waals surface area contributed by atoms with Crippen LogP contribution in [0, 0.1) is 0 Å². The molecule has 0 spiro atoms. The summed E-state index contributed by atoms with van der Waals surface area (Å²) in [7, 11) is 0. The van der Waals surface area contributed by atoms with Crippen molar-refractivity contribution in [3.8, 4) is 0 Å². The molecule has 0 fully saturated rings. The first-order valence-corrected chi connectivity index (χ1v) is 5.59. The first-order valence-electron chi connectivity index (χ1n) is 5.21. The van der Waals surface area contributed by atoms with Crippen molar-refractivity contribution in [2.75, 3.05) is 0 Å². The number of halogens is 6. The lowest BCUT2D eigenvalue weighted by Gasteiger charge is -2.21. The molecule has 0 aliphatic heterocycles. The van der Waals surface area contributed by atoms with E-state index in [1.807, 2.05) is 0 Å². The van der Waals surface area contributed by atoms with Gasteiger partial charge in [-0.2, -0.15) is 22.0 Å². The smallest absolute Gasteiger partial charge is 0.300 e. The summed E-state index contributed by atoms with van der Waals surface area (Å²) in [5.41, 5.74) is -1.13.